The van der Waals surface area contributed by atoms with Gasteiger partial charge in [-0.2, -0.15) is 19.6 Å². The molecule has 0 radical (unpaired) electrons. The summed E-state index contributed by atoms with van der Waals surface area (Å²) in [5.41, 5.74) is 8.96. The molecule has 0 fully saturated rings. The van der Waals surface area contributed by atoms with Crippen LogP contribution in [0.2, 0.25) is 0 Å². The van der Waals surface area contributed by atoms with Crippen molar-refractivity contribution in [1.82, 2.24) is 0 Å². The number of benzene rings is 4. The van der Waals surface area contributed by atoms with E-state index in [1.807, 2.05) is 48.5 Å². The third-order valence-corrected chi connectivity index (χ3v) is 7.69. The zero-order valence-corrected chi connectivity index (χ0v) is 25.4. The van der Waals surface area contributed by atoms with E-state index in [9.17, 15) is 0 Å². The summed E-state index contributed by atoms with van der Waals surface area (Å²) in [6, 6.07) is 32.6. The van der Waals surface area contributed by atoms with Crippen LogP contribution in [0, 0.1) is 27.7 Å². The molecular formula is C32H28NiS4-2. The Hall–Kier alpha value is -2.27. The second kappa shape index (κ2) is 14.6. The van der Waals surface area contributed by atoms with Crippen LogP contribution in [-0.4, -0.2) is 0 Å². The normalized spacial score (nSPS) is 11.8. The van der Waals surface area contributed by atoms with Gasteiger partial charge in [0.1, 0.15) is 0 Å². The fourth-order valence-electron chi connectivity index (χ4n) is 3.34. The molecule has 0 aliphatic rings. The average molecular weight is 600 g/mol. The Morgan fingerprint density at radius 2 is 0.459 bits per heavy atom. The van der Waals surface area contributed by atoms with Crippen molar-refractivity contribution in [3.05, 3.63) is 142 Å². The molecule has 37 heavy (non-hydrogen) atoms. The van der Waals surface area contributed by atoms with Gasteiger partial charge in [-0.1, -0.05) is 119 Å². The number of hydrogen-bond acceptors (Lipinski definition) is 4. The van der Waals surface area contributed by atoms with Crippen LogP contribution in [0.4, 0.5) is 0 Å². The monoisotopic (exact) mass is 598 g/mol. The van der Waals surface area contributed by atoms with Gasteiger partial charge in [0.2, 0.25) is 0 Å². The third-order valence-electron chi connectivity index (χ3n) is 5.67. The Morgan fingerprint density at radius 3 is 0.595 bits per heavy atom. The maximum Gasteiger partial charge on any atom is 2.00 e. The maximum absolute atomic E-state index is 5.46. The SMILES string of the molecule is Cc1ccc(/C([S-])=C(/[S-])c2ccc(C)cc2)cc1.Cc1ccc(/C([S-])=C(/[S-])c2ccc(C)cc2)cc1.[Ni+2]. The fourth-order valence-corrected chi connectivity index (χ4v) is 4.36. The first kappa shape index (κ1) is 31.0. The first-order valence-electron chi connectivity index (χ1n) is 11.6. The quantitative estimate of drug-likeness (QED) is 0.131. The van der Waals surface area contributed by atoms with E-state index >= 15 is 0 Å². The van der Waals surface area contributed by atoms with Gasteiger partial charge in [-0.05, 0) is 49.9 Å². The molecule has 0 saturated carbocycles. The van der Waals surface area contributed by atoms with Crippen LogP contribution in [0.5, 0.6) is 0 Å². The Morgan fingerprint density at radius 1 is 0.324 bits per heavy atom. The summed E-state index contributed by atoms with van der Waals surface area (Å²) >= 11 is 21.8. The smallest absolute Gasteiger partial charge is 0.781 e. The van der Waals surface area contributed by atoms with Crippen LogP contribution in [0.15, 0.2) is 97.1 Å². The molecule has 0 aromatic heterocycles. The molecule has 0 bridgehead atoms. The van der Waals surface area contributed by atoms with Crippen molar-refractivity contribution < 1.29 is 16.5 Å². The van der Waals surface area contributed by atoms with Gasteiger partial charge in [-0.3, -0.25) is 0 Å². The summed E-state index contributed by atoms with van der Waals surface area (Å²) < 4.78 is 0. The molecule has 192 valence electrons. The van der Waals surface area contributed by atoms with Gasteiger partial charge in [-0.25, -0.2) is 0 Å². The molecule has 0 unspecified atom stereocenters. The molecule has 5 heteroatoms. The topological polar surface area (TPSA) is 0 Å². The Bertz CT molecular complexity index is 1130. The van der Waals surface area contributed by atoms with Crippen molar-refractivity contribution in [2.24, 2.45) is 0 Å². The standard InChI is InChI=1S/2C16H16S2.Ni/c2*1-11-3-7-13(8-4-11)15(17)16(18)14-9-5-12(2)6-10-14;/h2*3-10,17-18H,1-2H3;/q;;+2/p-4/b2*16-15-;. The predicted octanol–water partition coefficient (Wildman–Crippen LogP) is 8.44. The summed E-state index contributed by atoms with van der Waals surface area (Å²) in [7, 11) is 0. The second-order valence-corrected chi connectivity index (χ2v) is 10.4. The van der Waals surface area contributed by atoms with Crippen molar-refractivity contribution in [3.8, 4) is 0 Å². The molecule has 0 atom stereocenters. The first-order valence-corrected chi connectivity index (χ1v) is 13.2. The van der Waals surface area contributed by atoms with E-state index in [0.29, 0.717) is 0 Å². The molecule has 4 aromatic carbocycles. The molecule has 0 heterocycles. The molecular weight excluding hydrogens is 571 g/mol. The molecule has 0 aliphatic heterocycles. The second-order valence-electron chi connectivity index (χ2n) is 8.78. The van der Waals surface area contributed by atoms with Crippen LogP contribution in [-0.2, 0) is 67.0 Å². The first-order chi connectivity index (χ1) is 17.2. The maximum atomic E-state index is 5.46. The molecule has 4 aromatic rings. The minimum atomic E-state index is 0. The van der Waals surface area contributed by atoms with Gasteiger partial charge in [0, 0.05) is 0 Å². The number of rotatable bonds is 4. The van der Waals surface area contributed by atoms with E-state index in [1.54, 1.807) is 0 Å². The minimum absolute atomic E-state index is 0. The molecule has 0 aliphatic carbocycles. The molecule has 0 saturated heterocycles. The summed E-state index contributed by atoms with van der Waals surface area (Å²) in [6.07, 6.45) is 0. The van der Waals surface area contributed by atoms with Crippen LogP contribution in [0.1, 0.15) is 44.5 Å². The molecule has 0 N–H and O–H groups in total. The summed E-state index contributed by atoms with van der Waals surface area (Å²) in [5.74, 6) is 0. The Labute approximate surface area is 254 Å². The molecule has 0 spiro atoms. The third kappa shape index (κ3) is 8.91. The molecule has 0 amide bonds. The van der Waals surface area contributed by atoms with Crippen molar-refractivity contribution in [2.45, 2.75) is 27.7 Å². The van der Waals surface area contributed by atoms with Crippen molar-refractivity contribution in [1.29, 1.82) is 0 Å². The largest absolute Gasteiger partial charge is 2.00 e. The molecule has 0 nitrogen and oxygen atoms in total. The Kier molecular flexibility index (Phi) is 12.2. The predicted molar refractivity (Wildman–Crippen MR) is 168 cm³/mol. The van der Waals surface area contributed by atoms with E-state index in [4.69, 9.17) is 50.5 Å². The zero-order chi connectivity index (χ0) is 26.2. The van der Waals surface area contributed by atoms with Gasteiger partial charge in [0.15, 0.2) is 0 Å². The van der Waals surface area contributed by atoms with Crippen LogP contribution in [0.25, 0.3) is 19.6 Å². The summed E-state index contributed by atoms with van der Waals surface area (Å²) in [4.78, 5) is 2.98. The van der Waals surface area contributed by atoms with Gasteiger partial charge < -0.3 is 50.5 Å². The van der Waals surface area contributed by atoms with Crippen LogP contribution >= 0.6 is 0 Å². The average Bonchev–Trinajstić information content (AvgIpc) is 2.89. The van der Waals surface area contributed by atoms with E-state index in [1.165, 1.54) is 22.3 Å². The van der Waals surface area contributed by atoms with E-state index in [2.05, 4.69) is 76.2 Å². The van der Waals surface area contributed by atoms with Crippen LogP contribution < -0.4 is 0 Å². The summed E-state index contributed by atoms with van der Waals surface area (Å²) in [5, 5.41) is 0. The Balaban J connectivity index is 0.000000253. The minimum Gasteiger partial charge on any atom is -0.781 e. The molecule has 4 rings (SSSR count). The van der Waals surface area contributed by atoms with Gasteiger partial charge in [-0.15, -0.1) is 0 Å². The fraction of sp³-hybridized carbons (Fsp3) is 0.125. The number of aryl methyl sites for hydroxylation is 4. The number of hydrogen-bond donors (Lipinski definition) is 0. The van der Waals surface area contributed by atoms with Crippen molar-refractivity contribution in [2.75, 3.05) is 0 Å². The van der Waals surface area contributed by atoms with Crippen molar-refractivity contribution in [3.63, 3.8) is 0 Å². The van der Waals surface area contributed by atoms with E-state index < -0.39 is 0 Å². The van der Waals surface area contributed by atoms with E-state index in [-0.39, 0.29) is 16.5 Å². The van der Waals surface area contributed by atoms with Crippen molar-refractivity contribution >= 4 is 70.1 Å². The van der Waals surface area contributed by atoms with Gasteiger partial charge in [0.05, 0.1) is 0 Å². The zero-order valence-electron chi connectivity index (χ0n) is 21.2. The summed E-state index contributed by atoms with van der Waals surface area (Å²) in [6.45, 7) is 8.24. The van der Waals surface area contributed by atoms with Crippen LogP contribution in [0.3, 0.4) is 0 Å². The van der Waals surface area contributed by atoms with Gasteiger partial charge in [0.25, 0.3) is 0 Å². The van der Waals surface area contributed by atoms with Gasteiger partial charge >= 0.3 is 16.5 Å². The van der Waals surface area contributed by atoms with E-state index in [0.717, 1.165) is 41.9 Å².